The molecule has 1 aromatic heterocycles. The van der Waals surface area contributed by atoms with Gasteiger partial charge in [0.25, 0.3) is 0 Å². The molecular formula is C16H12N-. The molecule has 3 rings (SSSR count). The van der Waals surface area contributed by atoms with Gasteiger partial charge in [0.15, 0.2) is 0 Å². The predicted molar refractivity (Wildman–Crippen MR) is 70.8 cm³/mol. The second-order valence-electron chi connectivity index (χ2n) is 4.16. The van der Waals surface area contributed by atoms with Crippen LogP contribution >= 0.6 is 0 Å². The fraction of sp³-hybridized carbons (Fsp3) is 0.0625. The summed E-state index contributed by atoms with van der Waals surface area (Å²) < 4.78 is 0. The highest BCUT2D eigenvalue weighted by Gasteiger charge is 1.97. The zero-order valence-corrected chi connectivity index (χ0v) is 9.64. The Balaban J connectivity index is 2.27. The highest BCUT2D eigenvalue weighted by molar-refractivity contribution is 5.94. The summed E-state index contributed by atoms with van der Waals surface area (Å²) in [4.78, 5) is 4.48. The van der Waals surface area contributed by atoms with E-state index in [9.17, 15) is 0 Å². The van der Waals surface area contributed by atoms with Crippen molar-refractivity contribution in [2.24, 2.45) is 0 Å². The molecule has 0 unspecified atom stereocenters. The maximum Gasteiger partial charge on any atom is 0.0167 e. The zero-order valence-electron chi connectivity index (χ0n) is 9.64. The molecule has 1 nitrogen and oxygen atoms in total. The van der Waals surface area contributed by atoms with Crippen molar-refractivity contribution in [3.63, 3.8) is 0 Å². The lowest BCUT2D eigenvalue weighted by Gasteiger charge is -2.12. The summed E-state index contributed by atoms with van der Waals surface area (Å²) in [6, 6.07) is 19.8. The number of hydrogen-bond acceptors (Lipinski definition) is 1. The van der Waals surface area contributed by atoms with Gasteiger partial charge in [-0.2, -0.15) is 0 Å². The molecule has 0 spiro atoms. The Morgan fingerprint density at radius 3 is 2.71 bits per heavy atom. The number of rotatable bonds is 1. The average molecular weight is 218 g/mol. The van der Waals surface area contributed by atoms with E-state index in [1.54, 1.807) is 0 Å². The standard InChI is InChI=1S/C16H12N/c1-12-6-8-14(9-7-12)16-15-5-3-2-4-13(15)10-11-17-16/h2-8,10-11H,1H3/q-1. The van der Waals surface area contributed by atoms with E-state index >= 15 is 0 Å². The molecule has 0 aliphatic heterocycles. The van der Waals surface area contributed by atoms with E-state index in [4.69, 9.17) is 0 Å². The van der Waals surface area contributed by atoms with Crippen LogP contribution in [0.4, 0.5) is 0 Å². The smallest absolute Gasteiger partial charge is 0.0167 e. The van der Waals surface area contributed by atoms with Crippen LogP contribution in [0.3, 0.4) is 0 Å². The van der Waals surface area contributed by atoms with Gasteiger partial charge < -0.3 is 4.98 Å². The third-order valence-corrected chi connectivity index (χ3v) is 2.90. The van der Waals surface area contributed by atoms with Crippen LogP contribution < -0.4 is 0 Å². The van der Waals surface area contributed by atoms with Gasteiger partial charge in [-0.25, -0.2) is 0 Å². The molecule has 2 aromatic carbocycles. The first kappa shape index (κ1) is 10.0. The minimum absolute atomic E-state index is 1.00. The van der Waals surface area contributed by atoms with E-state index < -0.39 is 0 Å². The van der Waals surface area contributed by atoms with Crippen molar-refractivity contribution in [2.75, 3.05) is 0 Å². The number of aryl methyl sites for hydroxylation is 1. The molecule has 0 N–H and O–H groups in total. The van der Waals surface area contributed by atoms with E-state index in [0.717, 1.165) is 11.3 Å². The number of pyridine rings is 1. The van der Waals surface area contributed by atoms with Crippen LogP contribution in [0, 0.1) is 13.0 Å². The van der Waals surface area contributed by atoms with Crippen molar-refractivity contribution < 1.29 is 0 Å². The van der Waals surface area contributed by atoms with Crippen LogP contribution in [-0.2, 0) is 0 Å². The number of fused-ring (bicyclic) bond motifs is 1. The number of nitrogens with zero attached hydrogens (tertiary/aromatic N) is 1. The van der Waals surface area contributed by atoms with Gasteiger partial charge in [-0.05, 0) is 22.5 Å². The molecule has 17 heavy (non-hydrogen) atoms. The molecule has 0 aliphatic rings. The second kappa shape index (κ2) is 4.02. The summed E-state index contributed by atoms with van der Waals surface area (Å²) in [6.07, 6.45) is 1.85. The SMILES string of the molecule is Cc1c[c-]c(-c2nccc3ccccc23)cc1. The molecular weight excluding hydrogens is 206 g/mol. The van der Waals surface area contributed by atoms with Crippen molar-refractivity contribution >= 4 is 10.8 Å². The third kappa shape index (κ3) is 1.80. The zero-order chi connectivity index (χ0) is 11.7. The highest BCUT2D eigenvalue weighted by atomic mass is 14.7. The van der Waals surface area contributed by atoms with Crippen molar-refractivity contribution in [3.8, 4) is 11.3 Å². The van der Waals surface area contributed by atoms with Gasteiger partial charge in [0.2, 0.25) is 0 Å². The summed E-state index contributed by atoms with van der Waals surface area (Å²) in [5, 5.41) is 2.39. The summed E-state index contributed by atoms with van der Waals surface area (Å²) in [6.45, 7) is 2.07. The molecule has 82 valence electrons. The van der Waals surface area contributed by atoms with Gasteiger partial charge in [-0.1, -0.05) is 31.2 Å². The summed E-state index contributed by atoms with van der Waals surface area (Å²) >= 11 is 0. The van der Waals surface area contributed by atoms with Gasteiger partial charge in [0.05, 0.1) is 0 Å². The van der Waals surface area contributed by atoms with Crippen LogP contribution in [0.15, 0.2) is 54.7 Å². The van der Waals surface area contributed by atoms with Crippen molar-refractivity contribution in [3.05, 3.63) is 66.4 Å². The summed E-state index contributed by atoms with van der Waals surface area (Å²) in [5.74, 6) is 0. The van der Waals surface area contributed by atoms with Crippen LogP contribution in [0.5, 0.6) is 0 Å². The Hall–Kier alpha value is -2.15. The molecule has 0 bridgehead atoms. The van der Waals surface area contributed by atoms with Crippen molar-refractivity contribution in [2.45, 2.75) is 6.92 Å². The Bertz CT molecular complexity index is 648. The molecule has 3 aromatic rings. The van der Waals surface area contributed by atoms with E-state index in [2.05, 4.69) is 42.2 Å². The van der Waals surface area contributed by atoms with Crippen LogP contribution in [0.25, 0.3) is 22.0 Å². The third-order valence-electron chi connectivity index (χ3n) is 2.90. The molecule has 0 saturated carbocycles. The van der Waals surface area contributed by atoms with Gasteiger partial charge >= 0.3 is 0 Å². The Labute approximate surface area is 101 Å². The van der Waals surface area contributed by atoms with E-state index in [0.29, 0.717) is 0 Å². The topological polar surface area (TPSA) is 12.9 Å². The molecule has 0 atom stereocenters. The minimum atomic E-state index is 1.00. The fourth-order valence-electron chi connectivity index (χ4n) is 1.98. The first-order valence-corrected chi connectivity index (χ1v) is 5.67. The van der Waals surface area contributed by atoms with Crippen LogP contribution in [-0.4, -0.2) is 4.98 Å². The fourth-order valence-corrected chi connectivity index (χ4v) is 1.98. The maximum atomic E-state index is 4.48. The van der Waals surface area contributed by atoms with Gasteiger partial charge in [0.1, 0.15) is 0 Å². The van der Waals surface area contributed by atoms with Crippen LogP contribution in [0.1, 0.15) is 5.56 Å². The van der Waals surface area contributed by atoms with E-state index in [1.807, 2.05) is 30.5 Å². The summed E-state index contributed by atoms with van der Waals surface area (Å²) in [7, 11) is 0. The molecule has 0 amide bonds. The number of hydrogen-bond donors (Lipinski definition) is 0. The molecule has 1 heteroatoms. The molecule has 0 aliphatic carbocycles. The lowest BCUT2D eigenvalue weighted by atomic mass is 10.0. The lowest BCUT2D eigenvalue weighted by Crippen LogP contribution is -1.86. The quantitative estimate of drug-likeness (QED) is 0.562. The molecule has 0 saturated heterocycles. The van der Waals surface area contributed by atoms with Gasteiger partial charge in [0, 0.05) is 6.20 Å². The largest absolute Gasteiger partial charge is 0.304 e. The van der Waals surface area contributed by atoms with Crippen LogP contribution in [0.2, 0.25) is 0 Å². The Morgan fingerprint density at radius 2 is 1.88 bits per heavy atom. The monoisotopic (exact) mass is 218 g/mol. The Morgan fingerprint density at radius 1 is 1.00 bits per heavy atom. The highest BCUT2D eigenvalue weighted by Crippen LogP contribution is 2.25. The number of aromatic nitrogens is 1. The minimum Gasteiger partial charge on any atom is -0.304 e. The maximum absolute atomic E-state index is 4.48. The first-order valence-electron chi connectivity index (χ1n) is 5.67. The molecule has 0 fully saturated rings. The summed E-state index contributed by atoms with van der Waals surface area (Å²) in [5.41, 5.74) is 3.27. The molecule has 0 radical (unpaired) electrons. The average Bonchev–Trinajstić information content (AvgIpc) is 2.39. The van der Waals surface area contributed by atoms with Gasteiger partial charge in [-0.3, -0.25) is 0 Å². The van der Waals surface area contributed by atoms with Gasteiger partial charge in [-0.15, -0.1) is 35.4 Å². The van der Waals surface area contributed by atoms with E-state index in [-0.39, 0.29) is 0 Å². The lowest BCUT2D eigenvalue weighted by molar-refractivity contribution is 1.35. The predicted octanol–water partition coefficient (Wildman–Crippen LogP) is 4.01. The first-order chi connectivity index (χ1) is 8.34. The number of benzene rings is 2. The van der Waals surface area contributed by atoms with Crippen molar-refractivity contribution in [1.82, 2.24) is 4.98 Å². The molecule has 1 heterocycles. The second-order valence-corrected chi connectivity index (χ2v) is 4.16. The Kier molecular flexibility index (Phi) is 2.37. The normalized spacial score (nSPS) is 10.6. The van der Waals surface area contributed by atoms with E-state index in [1.165, 1.54) is 16.3 Å². The van der Waals surface area contributed by atoms with Crippen molar-refractivity contribution in [1.29, 1.82) is 0 Å².